The third-order valence-corrected chi connectivity index (χ3v) is 1.79. The molecule has 0 aliphatic carbocycles. The van der Waals surface area contributed by atoms with Crippen LogP contribution in [0.5, 0.6) is 0 Å². The predicted octanol–water partition coefficient (Wildman–Crippen LogP) is 3.03. The van der Waals surface area contributed by atoms with E-state index in [1.54, 1.807) is 0 Å². The molecule has 1 aromatic heterocycles. The normalized spacial score (nSPS) is 9.23. The second kappa shape index (κ2) is 5.31. The van der Waals surface area contributed by atoms with Crippen LogP contribution >= 0.6 is 9.69 Å². The SMILES string of the molecule is Cc1c[c-]nc2ccccc12.[Cl][Zn+]. The zero-order valence-electron chi connectivity index (χ0n) is 7.42. The third-order valence-electron chi connectivity index (χ3n) is 1.79. The van der Waals surface area contributed by atoms with Gasteiger partial charge in [-0.05, 0) is 5.52 Å². The van der Waals surface area contributed by atoms with E-state index in [1.165, 1.54) is 10.9 Å². The van der Waals surface area contributed by atoms with E-state index in [2.05, 4.69) is 24.2 Å². The van der Waals surface area contributed by atoms with Gasteiger partial charge >= 0.3 is 27.0 Å². The minimum atomic E-state index is 0.847. The van der Waals surface area contributed by atoms with Crippen molar-refractivity contribution in [1.82, 2.24) is 4.98 Å². The summed E-state index contributed by atoms with van der Waals surface area (Å²) in [5.41, 5.74) is 2.25. The number of fused-ring (bicyclic) bond motifs is 1. The first-order valence-electron chi connectivity index (χ1n) is 3.87. The van der Waals surface area contributed by atoms with E-state index in [-0.39, 0.29) is 0 Å². The van der Waals surface area contributed by atoms with Gasteiger partial charge in [0.15, 0.2) is 0 Å². The van der Waals surface area contributed by atoms with E-state index in [9.17, 15) is 0 Å². The molecule has 0 atom stereocenters. The van der Waals surface area contributed by atoms with Gasteiger partial charge in [-0.25, -0.2) is 0 Å². The van der Waals surface area contributed by atoms with Gasteiger partial charge in [0.05, 0.1) is 0 Å². The molecule has 13 heavy (non-hydrogen) atoms. The second-order valence-corrected chi connectivity index (χ2v) is 2.59. The Hall–Kier alpha value is -0.457. The number of hydrogen-bond donors (Lipinski definition) is 0. The number of aryl methyl sites for hydroxylation is 1. The van der Waals surface area contributed by atoms with Crippen LogP contribution in [0.2, 0.25) is 0 Å². The van der Waals surface area contributed by atoms with Crippen LogP contribution in [0.15, 0.2) is 30.3 Å². The molecule has 2 aromatic rings. The molecule has 0 fully saturated rings. The fourth-order valence-corrected chi connectivity index (χ4v) is 1.18. The average molecular weight is 243 g/mol. The zero-order valence-corrected chi connectivity index (χ0v) is 11.1. The van der Waals surface area contributed by atoms with Crippen LogP contribution in [0.1, 0.15) is 5.56 Å². The molecule has 1 aromatic carbocycles. The van der Waals surface area contributed by atoms with Gasteiger partial charge in [-0.3, -0.25) is 0 Å². The Balaban J connectivity index is 0.000000396. The van der Waals surface area contributed by atoms with E-state index in [0.717, 1.165) is 22.8 Å². The number of pyridine rings is 1. The zero-order chi connectivity index (χ0) is 9.68. The van der Waals surface area contributed by atoms with Crippen molar-refractivity contribution in [1.29, 1.82) is 0 Å². The quantitative estimate of drug-likeness (QED) is 0.512. The summed E-state index contributed by atoms with van der Waals surface area (Å²) >= 11 is 0.847. The van der Waals surface area contributed by atoms with Crippen molar-refractivity contribution >= 4 is 20.6 Å². The van der Waals surface area contributed by atoms with Gasteiger partial charge in [-0.2, -0.15) is 6.07 Å². The van der Waals surface area contributed by atoms with Gasteiger partial charge in [0, 0.05) is 0 Å². The number of rotatable bonds is 0. The van der Waals surface area contributed by atoms with Crippen molar-refractivity contribution in [2.75, 3.05) is 0 Å². The van der Waals surface area contributed by atoms with Gasteiger partial charge in [-0.15, -0.1) is 10.9 Å². The molecule has 0 spiro atoms. The van der Waals surface area contributed by atoms with Crippen molar-refractivity contribution in [3.05, 3.63) is 42.1 Å². The summed E-state index contributed by atoms with van der Waals surface area (Å²) in [5, 5.41) is 1.21. The van der Waals surface area contributed by atoms with Gasteiger partial charge in [-0.1, -0.05) is 37.4 Å². The molecule has 0 amide bonds. The Kier molecular flexibility index (Phi) is 4.34. The number of halogens is 1. The Morgan fingerprint density at radius 3 is 2.69 bits per heavy atom. The van der Waals surface area contributed by atoms with Gasteiger partial charge < -0.3 is 4.98 Å². The molecule has 1 heterocycles. The molecule has 0 aliphatic heterocycles. The number of nitrogens with zero attached hydrogens (tertiary/aromatic N) is 1. The van der Waals surface area contributed by atoms with Gasteiger partial charge in [0.2, 0.25) is 0 Å². The molecule has 0 radical (unpaired) electrons. The molecule has 0 unspecified atom stereocenters. The molecule has 1 nitrogen and oxygen atoms in total. The average Bonchev–Trinajstić information content (AvgIpc) is 2.22. The fourth-order valence-electron chi connectivity index (χ4n) is 1.18. The standard InChI is InChI=1S/C10H8N.ClH.Zn/c1-8-6-7-11-10-5-3-2-4-9(8)10;;/h2-6H,1H3;1H;/q-1;;+2/p-1. The van der Waals surface area contributed by atoms with Crippen LogP contribution in [-0.4, -0.2) is 4.98 Å². The van der Waals surface area contributed by atoms with Crippen LogP contribution in [0.25, 0.3) is 10.9 Å². The first-order chi connectivity index (χ1) is 6.38. The Morgan fingerprint density at radius 2 is 2.00 bits per heavy atom. The molecule has 0 saturated heterocycles. The maximum atomic E-state index is 4.76. The monoisotopic (exact) mass is 241 g/mol. The molecule has 0 N–H and O–H groups in total. The van der Waals surface area contributed by atoms with E-state index in [4.69, 9.17) is 9.69 Å². The number of aromatic nitrogens is 1. The summed E-state index contributed by atoms with van der Waals surface area (Å²) in [7, 11) is 4.76. The molecule has 62 valence electrons. The van der Waals surface area contributed by atoms with E-state index < -0.39 is 0 Å². The van der Waals surface area contributed by atoms with Crippen molar-refractivity contribution < 1.29 is 17.3 Å². The molecule has 3 heteroatoms. The predicted molar refractivity (Wildman–Crippen MR) is 51.2 cm³/mol. The van der Waals surface area contributed by atoms with Crippen molar-refractivity contribution in [3.8, 4) is 0 Å². The Labute approximate surface area is 91.9 Å². The van der Waals surface area contributed by atoms with Gasteiger partial charge in [0.25, 0.3) is 0 Å². The molecular formula is C10H8ClNZn. The summed E-state index contributed by atoms with van der Waals surface area (Å²) in [6, 6.07) is 9.99. The van der Waals surface area contributed by atoms with Crippen molar-refractivity contribution in [2.24, 2.45) is 0 Å². The maximum absolute atomic E-state index is 4.76. The van der Waals surface area contributed by atoms with Crippen LogP contribution in [0.3, 0.4) is 0 Å². The van der Waals surface area contributed by atoms with Gasteiger partial charge in [0.1, 0.15) is 0 Å². The Morgan fingerprint density at radius 1 is 1.31 bits per heavy atom. The van der Waals surface area contributed by atoms with Crippen molar-refractivity contribution in [3.63, 3.8) is 0 Å². The van der Waals surface area contributed by atoms with Crippen LogP contribution in [-0.2, 0) is 17.3 Å². The summed E-state index contributed by atoms with van der Waals surface area (Å²) in [4.78, 5) is 4.12. The second-order valence-electron chi connectivity index (χ2n) is 2.59. The van der Waals surface area contributed by atoms with Crippen LogP contribution in [0, 0.1) is 13.1 Å². The topological polar surface area (TPSA) is 12.9 Å². The molecule has 0 saturated carbocycles. The fraction of sp³-hybridized carbons (Fsp3) is 0.100. The summed E-state index contributed by atoms with van der Waals surface area (Å²) < 4.78 is 0. The van der Waals surface area contributed by atoms with E-state index >= 15 is 0 Å². The van der Waals surface area contributed by atoms with Crippen molar-refractivity contribution in [2.45, 2.75) is 6.92 Å². The number of benzene rings is 1. The molecular weight excluding hydrogens is 235 g/mol. The summed E-state index contributed by atoms with van der Waals surface area (Å²) in [6.45, 7) is 2.07. The first kappa shape index (κ1) is 10.6. The van der Waals surface area contributed by atoms with E-state index in [1.807, 2.05) is 24.3 Å². The number of hydrogen-bond acceptors (Lipinski definition) is 1. The molecule has 2 rings (SSSR count). The Bertz CT molecular complexity index is 384. The number of para-hydroxylation sites is 1. The molecule has 0 aliphatic rings. The molecule has 0 bridgehead atoms. The summed E-state index contributed by atoms with van der Waals surface area (Å²) in [6.07, 6.45) is 2.85. The third kappa shape index (κ3) is 2.49. The minimum absolute atomic E-state index is 0.847. The first-order valence-corrected chi connectivity index (χ1v) is 7.77. The van der Waals surface area contributed by atoms with Crippen LogP contribution in [0.4, 0.5) is 0 Å². The van der Waals surface area contributed by atoms with E-state index in [0.29, 0.717) is 0 Å². The summed E-state index contributed by atoms with van der Waals surface area (Å²) in [5.74, 6) is 0. The van der Waals surface area contributed by atoms with Crippen LogP contribution < -0.4 is 0 Å².